The first-order valence-electron chi connectivity index (χ1n) is 2.14. The topological polar surface area (TPSA) is 101 Å². The highest BCUT2D eigenvalue weighted by Gasteiger charge is 1.81. The monoisotopic (exact) mass is 170 g/mol. The van der Waals surface area contributed by atoms with Crippen LogP contribution in [0, 0.1) is 0 Å². The van der Waals surface area contributed by atoms with E-state index in [0.29, 0.717) is 0 Å². The largest absolute Gasteiger partial charge is 0.351 e. The Morgan fingerprint density at radius 3 is 1.60 bits per heavy atom. The Balaban J connectivity index is 0. The van der Waals surface area contributed by atoms with Crippen molar-refractivity contribution in [1.29, 1.82) is 0 Å². The molecule has 0 radical (unpaired) electrons. The molecule has 0 aliphatic heterocycles. The lowest BCUT2D eigenvalue weighted by Crippen LogP contribution is -2.08. The molecule has 1 amide bonds. The molecule has 0 atom stereocenters. The molecular weight excluding hydrogens is 160 g/mol. The van der Waals surface area contributed by atoms with Gasteiger partial charge >= 0.3 is 10.3 Å². The van der Waals surface area contributed by atoms with Crippen molar-refractivity contribution in [3.8, 4) is 0 Å². The fraction of sp³-hybridized carbons (Fsp3) is 0.667. The van der Waals surface area contributed by atoms with E-state index in [4.69, 9.17) is 13.0 Å². The van der Waals surface area contributed by atoms with Crippen molar-refractivity contribution in [3.05, 3.63) is 0 Å². The van der Waals surface area contributed by atoms with E-state index in [-0.39, 0.29) is 0 Å². The molecule has 0 saturated carbocycles. The van der Waals surface area contributed by atoms with E-state index in [2.05, 4.69) is 5.14 Å². The van der Waals surface area contributed by atoms with Crippen LogP contribution < -0.4 is 5.14 Å². The smallest absolute Gasteiger partial charge is 0.330 e. The minimum Gasteiger partial charge on any atom is -0.351 e. The minimum atomic E-state index is -4.17. The number of hydrogen-bond acceptors (Lipinski definition) is 3. The molecule has 0 fully saturated rings. The second-order valence-electron chi connectivity index (χ2n) is 1.58. The zero-order chi connectivity index (χ0) is 8.78. The quantitative estimate of drug-likeness (QED) is 0.367. The van der Waals surface area contributed by atoms with Gasteiger partial charge < -0.3 is 4.90 Å². The third-order valence-electron chi connectivity index (χ3n) is 0.211. The molecule has 0 heterocycles. The molecular formula is C3H10N2O4S. The van der Waals surface area contributed by atoms with Gasteiger partial charge in [0.05, 0.1) is 0 Å². The second-order valence-corrected chi connectivity index (χ2v) is 2.61. The van der Waals surface area contributed by atoms with Gasteiger partial charge in [0.1, 0.15) is 0 Å². The van der Waals surface area contributed by atoms with E-state index in [1.165, 1.54) is 4.90 Å². The fourth-order valence-electron chi connectivity index (χ4n) is 0. The molecule has 0 rings (SSSR count). The van der Waals surface area contributed by atoms with Crippen LogP contribution >= 0.6 is 0 Å². The summed E-state index contributed by atoms with van der Waals surface area (Å²) in [6.45, 7) is 0. The molecule has 0 aliphatic rings. The molecule has 10 heavy (non-hydrogen) atoms. The molecule has 0 aromatic rings. The summed E-state index contributed by atoms with van der Waals surface area (Å²) in [5.74, 6) is 0. The second kappa shape index (κ2) is 5.15. The van der Waals surface area contributed by atoms with Gasteiger partial charge in [-0.25, -0.2) is 5.14 Å². The van der Waals surface area contributed by atoms with Crippen LogP contribution in [0.1, 0.15) is 0 Å². The average Bonchev–Trinajstić information content (AvgIpc) is 1.61. The van der Waals surface area contributed by atoms with Crippen molar-refractivity contribution in [2.45, 2.75) is 0 Å². The Bertz CT molecular complexity index is 165. The molecule has 0 aliphatic carbocycles. The highest BCUT2D eigenvalue weighted by atomic mass is 32.2. The van der Waals surface area contributed by atoms with E-state index in [1.807, 2.05) is 0 Å². The highest BCUT2D eigenvalue weighted by molar-refractivity contribution is 7.83. The van der Waals surface area contributed by atoms with Crippen molar-refractivity contribution in [1.82, 2.24) is 4.90 Å². The molecule has 62 valence electrons. The van der Waals surface area contributed by atoms with Crippen LogP contribution in [0.5, 0.6) is 0 Å². The van der Waals surface area contributed by atoms with Gasteiger partial charge in [-0.1, -0.05) is 0 Å². The summed E-state index contributed by atoms with van der Waals surface area (Å²) in [5, 5.41) is 3.88. The van der Waals surface area contributed by atoms with E-state index in [0.717, 1.165) is 6.41 Å². The van der Waals surface area contributed by atoms with Gasteiger partial charge in [0.2, 0.25) is 6.41 Å². The predicted octanol–water partition coefficient (Wildman–Crippen LogP) is -1.55. The number of rotatable bonds is 1. The van der Waals surface area contributed by atoms with Crippen molar-refractivity contribution in [2.24, 2.45) is 5.14 Å². The first-order chi connectivity index (χ1) is 4.27. The number of amides is 1. The molecule has 0 aromatic carbocycles. The number of nitrogens with two attached hydrogens (primary N) is 1. The summed E-state index contributed by atoms with van der Waals surface area (Å²) in [6.07, 6.45) is 0.750. The SMILES string of the molecule is CN(C)C=O.NS(=O)(=O)O. The summed E-state index contributed by atoms with van der Waals surface area (Å²) < 4.78 is 25.2. The van der Waals surface area contributed by atoms with Crippen LogP contribution in [0.4, 0.5) is 0 Å². The number of carbonyl (C=O) groups is 1. The van der Waals surface area contributed by atoms with Gasteiger partial charge in [0.25, 0.3) is 0 Å². The Labute approximate surface area is 59.5 Å². The standard InChI is InChI=1S/C3H7NO.H3NO3S/c1-4(2)3-5;1-5(2,3)4/h3H,1-2H3;(H3,1,2,3,4). The normalized spacial score (nSPS) is 9.20. The van der Waals surface area contributed by atoms with Crippen LogP contribution in [-0.4, -0.2) is 38.4 Å². The summed E-state index contributed by atoms with van der Waals surface area (Å²) in [4.78, 5) is 10.9. The van der Waals surface area contributed by atoms with E-state index in [9.17, 15) is 4.79 Å². The Morgan fingerprint density at radius 2 is 1.60 bits per heavy atom. The maximum absolute atomic E-state index is 9.43. The number of hydrogen-bond donors (Lipinski definition) is 2. The van der Waals surface area contributed by atoms with Crippen molar-refractivity contribution in [2.75, 3.05) is 14.1 Å². The van der Waals surface area contributed by atoms with Crippen molar-refractivity contribution < 1.29 is 17.8 Å². The summed E-state index contributed by atoms with van der Waals surface area (Å²) in [7, 11) is -0.792. The van der Waals surface area contributed by atoms with E-state index >= 15 is 0 Å². The Morgan fingerprint density at radius 1 is 1.50 bits per heavy atom. The van der Waals surface area contributed by atoms with E-state index < -0.39 is 10.3 Å². The molecule has 7 heteroatoms. The maximum Gasteiger partial charge on any atom is 0.330 e. The van der Waals surface area contributed by atoms with Gasteiger partial charge in [0.15, 0.2) is 0 Å². The van der Waals surface area contributed by atoms with Crippen LogP contribution in [0.3, 0.4) is 0 Å². The third kappa shape index (κ3) is 164. The van der Waals surface area contributed by atoms with Gasteiger partial charge in [-0.15, -0.1) is 0 Å². The van der Waals surface area contributed by atoms with Gasteiger partial charge in [0, 0.05) is 14.1 Å². The minimum absolute atomic E-state index is 0.750. The van der Waals surface area contributed by atoms with Crippen LogP contribution in [0.2, 0.25) is 0 Å². The molecule has 0 bridgehead atoms. The predicted molar refractivity (Wildman–Crippen MR) is 35.5 cm³/mol. The van der Waals surface area contributed by atoms with Gasteiger partial charge in [-0.2, -0.15) is 8.42 Å². The van der Waals surface area contributed by atoms with Crippen LogP contribution in [0.25, 0.3) is 0 Å². The molecule has 0 unspecified atom stereocenters. The molecule has 0 saturated heterocycles. The zero-order valence-electron chi connectivity index (χ0n) is 5.68. The summed E-state index contributed by atoms with van der Waals surface area (Å²) >= 11 is 0. The molecule has 0 spiro atoms. The Kier molecular flexibility index (Phi) is 6.21. The molecule has 6 nitrogen and oxygen atoms in total. The van der Waals surface area contributed by atoms with Crippen LogP contribution in [-0.2, 0) is 15.1 Å². The first kappa shape index (κ1) is 12.1. The third-order valence-corrected chi connectivity index (χ3v) is 0.211. The fourth-order valence-corrected chi connectivity index (χ4v) is 0. The first-order valence-corrected chi connectivity index (χ1v) is 3.64. The zero-order valence-corrected chi connectivity index (χ0v) is 6.50. The van der Waals surface area contributed by atoms with Crippen molar-refractivity contribution in [3.63, 3.8) is 0 Å². The lowest BCUT2D eigenvalue weighted by Gasteiger charge is -1.93. The Hall–Kier alpha value is -0.660. The molecule has 0 aromatic heterocycles. The average molecular weight is 170 g/mol. The lowest BCUT2D eigenvalue weighted by atomic mass is 11.0. The number of nitrogens with zero attached hydrogens (tertiary/aromatic N) is 1. The molecule has 3 N–H and O–H groups in total. The lowest BCUT2D eigenvalue weighted by molar-refractivity contribution is -0.115. The van der Waals surface area contributed by atoms with Crippen LogP contribution in [0.15, 0.2) is 0 Å². The maximum atomic E-state index is 9.43. The summed E-state index contributed by atoms with van der Waals surface area (Å²) in [6, 6.07) is 0. The van der Waals surface area contributed by atoms with Crippen molar-refractivity contribution >= 4 is 16.7 Å². The summed E-state index contributed by atoms with van der Waals surface area (Å²) in [5.41, 5.74) is 0. The van der Waals surface area contributed by atoms with E-state index in [1.54, 1.807) is 14.1 Å². The van der Waals surface area contributed by atoms with Gasteiger partial charge in [-0.05, 0) is 0 Å². The highest BCUT2D eigenvalue weighted by Crippen LogP contribution is 1.52. The van der Waals surface area contributed by atoms with Gasteiger partial charge in [-0.3, -0.25) is 9.35 Å². The number of carbonyl (C=O) groups excluding carboxylic acids is 1.